The molecule has 0 aliphatic heterocycles. The molecule has 0 unspecified atom stereocenters. The van der Waals surface area contributed by atoms with Gasteiger partial charge in [-0.1, -0.05) is 19.3 Å². The van der Waals surface area contributed by atoms with Gasteiger partial charge in [0.15, 0.2) is 5.65 Å². The van der Waals surface area contributed by atoms with Crippen LogP contribution in [0.1, 0.15) is 56.2 Å². The lowest BCUT2D eigenvalue weighted by Gasteiger charge is -2.22. The minimum Gasteiger partial charge on any atom is -0.383 e. The van der Waals surface area contributed by atoms with Crippen molar-refractivity contribution in [2.24, 2.45) is 5.10 Å². The SMILES string of the molecule is C=NN/C=C(\C)c1cnn2c(N)c(Br)c(C3CCCCC3)nc12. The topological polar surface area (TPSA) is 80.6 Å². The molecule has 3 N–H and O–H groups in total. The fourth-order valence-corrected chi connectivity index (χ4v) is 3.74. The van der Waals surface area contributed by atoms with E-state index in [1.165, 1.54) is 32.1 Å². The molecule has 2 aromatic rings. The first-order valence-electron chi connectivity index (χ1n) is 7.84. The number of nitrogens with two attached hydrogens (primary N) is 1. The molecule has 23 heavy (non-hydrogen) atoms. The Morgan fingerprint density at radius 3 is 2.91 bits per heavy atom. The quantitative estimate of drug-likeness (QED) is 0.629. The Bertz CT molecular complexity index is 758. The van der Waals surface area contributed by atoms with Crippen LogP contribution >= 0.6 is 15.9 Å². The van der Waals surface area contributed by atoms with Gasteiger partial charge in [-0.05, 0) is 41.3 Å². The summed E-state index contributed by atoms with van der Waals surface area (Å²) in [4.78, 5) is 4.91. The number of hydrazone groups is 1. The summed E-state index contributed by atoms with van der Waals surface area (Å²) in [5.74, 6) is 1.06. The Kier molecular flexibility index (Phi) is 4.66. The Hall–Kier alpha value is -1.89. The van der Waals surface area contributed by atoms with E-state index in [0.29, 0.717) is 11.7 Å². The van der Waals surface area contributed by atoms with Crippen LogP contribution in [0.5, 0.6) is 0 Å². The second kappa shape index (κ2) is 6.70. The smallest absolute Gasteiger partial charge is 0.165 e. The molecule has 0 spiro atoms. The second-order valence-electron chi connectivity index (χ2n) is 5.94. The molecular formula is C16H21BrN6. The van der Waals surface area contributed by atoms with Crippen molar-refractivity contribution in [1.29, 1.82) is 0 Å². The van der Waals surface area contributed by atoms with Gasteiger partial charge in [0.1, 0.15) is 5.82 Å². The number of nitrogens with one attached hydrogen (secondary N) is 1. The summed E-state index contributed by atoms with van der Waals surface area (Å²) in [6.45, 7) is 5.39. The lowest BCUT2D eigenvalue weighted by Crippen LogP contribution is -2.12. The number of nitrogens with zero attached hydrogens (tertiary/aromatic N) is 4. The molecule has 1 saturated carbocycles. The maximum absolute atomic E-state index is 6.29. The van der Waals surface area contributed by atoms with Gasteiger partial charge in [0.2, 0.25) is 0 Å². The maximum atomic E-state index is 6.29. The lowest BCUT2D eigenvalue weighted by atomic mass is 9.87. The third-order valence-corrected chi connectivity index (χ3v) is 5.25. The maximum Gasteiger partial charge on any atom is 0.165 e. The molecule has 1 aliphatic carbocycles. The summed E-state index contributed by atoms with van der Waals surface area (Å²) in [6, 6.07) is 0. The van der Waals surface area contributed by atoms with Gasteiger partial charge in [-0.15, -0.1) is 0 Å². The molecule has 1 fully saturated rings. The van der Waals surface area contributed by atoms with Crippen molar-refractivity contribution in [3.63, 3.8) is 0 Å². The number of aromatic nitrogens is 3. The van der Waals surface area contributed by atoms with Gasteiger partial charge >= 0.3 is 0 Å². The summed E-state index contributed by atoms with van der Waals surface area (Å²) in [5.41, 5.74) is 12.8. The van der Waals surface area contributed by atoms with E-state index in [1.807, 2.05) is 6.92 Å². The van der Waals surface area contributed by atoms with E-state index in [2.05, 4.69) is 38.3 Å². The highest BCUT2D eigenvalue weighted by molar-refractivity contribution is 9.10. The minimum atomic E-state index is 0.463. The van der Waals surface area contributed by atoms with Gasteiger partial charge in [0.05, 0.1) is 16.4 Å². The number of halogens is 1. The number of fused-ring (bicyclic) bond motifs is 1. The summed E-state index contributed by atoms with van der Waals surface area (Å²) in [6.07, 6.45) is 9.72. The molecule has 3 rings (SSSR count). The molecule has 2 aromatic heterocycles. The standard InChI is InChI=1S/C16H21BrN6/c1-10(8-20-19-2)12-9-21-23-15(18)13(17)14(22-16(12)23)11-6-4-3-5-7-11/h8-9,11,20H,2-7,18H2,1H3/b10-8+. The molecule has 1 aliphatic rings. The number of anilines is 1. The summed E-state index contributed by atoms with van der Waals surface area (Å²) in [7, 11) is 0. The van der Waals surface area contributed by atoms with E-state index in [1.54, 1.807) is 16.9 Å². The minimum absolute atomic E-state index is 0.463. The van der Waals surface area contributed by atoms with Gasteiger partial charge in [0.25, 0.3) is 0 Å². The van der Waals surface area contributed by atoms with Crippen LogP contribution in [0.3, 0.4) is 0 Å². The molecule has 0 atom stereocenters. The summed E-state index contributed by atoms with van der Waals surface area (Å²) in [5, 5.41) is 8.01. The highest BCUT2D eigenvalue weighted by atomic mass is 79.9. The number of nitrogen functional groups attached to an aromatic ring is 1. The zero-order valence-corrected chi connectivity index (χ0v) is 14.8. The van der Waals surface area contributed by atoms with Crippen LogP contribution < -0.4 is 11.2 Å². The van der Waals surface area contributed by atoms with Crippen molar-refractivity contribution < 1.29 is 0 Å². The van der Waals surface area contributed by atoms with Gasteiger partial charge in [-0.25, -0.2) is 4.98 Å². The Labute approximate surface area is 144 Å². The second-order valence-corrected chi connectivity index (χ2v) is 6.73. The average molecular weight is 377 g/mol. The van der Waals surface area contributed by atoms with Crippen LogP contribution in [0.25, 0.3) is 11.2 Å². The predicted molar refractivity (Wildman–Crippen MR) is 97.3 cm³/mol. The molecule has 6 nitrogen and oxygen atoms in total. The molecule has 0 radical (unpaired) electrons. The van der Waals surface area contributed by atoms with Crippen LogP contribution in [0, 0.1) is 0 Å². The first-order valence-corrected chi connectivity index (χ1v) is 8.63. The zero-order chi connectivity index (χ0) is 16.4. The fourth-order valence-electron chi connectivity index (χ4n) is 3.16. The molecular weight excluding hydrogens is 356 g/mol. The average Bonchev–Trinajstić information content (AvgIpc) is 3.00. The van der Waals surface area contributed by atoms with E-state index in [-0.39, 0.29) is 0 Å². The van der Waals surface area contributed by atoms with E-state index < -0.39 is 0 Å². The largest absolute Gasteiger partial charge is 0.383 e. The summed E-state index contributed by atoms with van der Waals surface area (Å²) < 4.78 is 2.56. The van der Waals surface area contributed by atoms with Crippen LogP contribution in [0.2, 0.25) is 0 Å². The Balaban J connectivity index is 2.11. The van der Waals surface area contributed by atoms with E-state index >= 15 is 0 Å². The number of allylic oxidation sites excluding steroid dienone is 1. The normalized spacial score (nSPS) is 16.7. The van der Waals surface area contributed by atoms with Crippen LogP contribution in [-0.4, -0.2) is 21.3 Å². The highest BCUT2D eigenvalue weighted by Crippen LogP contribution is 2.38. The van der Waals surface area contributed by atoms with E-state index in [0.717, 1.165) is 27.0 Å². The first-order chi connectivity index (χ1) is 11.1. The van der Waals surface area contributed by atoms with Gasteiger partial charge in [0, 0.05) is 24.4 Å². The molecule has 0 bridgehead atoms. The predicted octanol–water partition coefficient (Wildman–Crippen LogP) is 3.69. The number of hydrogen-bond acceptors (Lipinski definition) is 5. The van der Waals surface area contributed by atoms with Crippen molar-refractivity contribution in [2.75, 3.05) is 5.73 Å². The first kappa shape index (κ1) is 16.0. The van der Waals surface area contributed by atoms with Gasteiger partial charge < -0.3 is 5.73 Å². The highest BCUT2D eigenvalue weighted by Gasteiger charge is 2.23. The van der Waals surface area contributed by atoms with E-state index in [9.17, 15) is 0 Å². The van der Waals surface area contributed by atoms with Crippen molar-refractivity contribution in [1.82, 2.24) is 20.0 Å². The summed E-state index contributed by atoms with van der Waals surface area (Å²) >= 11 is 3.63. The molecule has 122 valence electrons. The van der Waals surface area contributed by atoms with Crippen molar-refractivity contribution >= 4 is 39.7 Å². The molecule has 0 saturated heterocycles. The molecule has 0 aromatic carbocycles. The number of rotatable bonds is 4. The monoisotopic (exact) mass is 376 g/mol. The van der Waals surface area contributed by atoms with Gasteiger partial charge in [-0.2, -0.15) is 14.7 Å². The van der Waals surface area contributed by atoms with Crippen LogP contribution in [-0.2, 0) is 0 Å². The van der Waals surface area contributed by atoms with Crippen molar-refractivity contribution in [3.05, 3.63) is 28.1 Å². The number of hydrogen-bond donors (Lipinski definition) is 2. The van der Waals surface area contributed by atoms with E-state index in [4.69, 9.17) is 10.7 Å². The van der Waals surface area contributed by atoms with Gasteiger partial charge in [-0.3, -0.25) is 5.43 Å². The Morgan fingerprint density at radius 1 is 1.48 bits per heavy atom. The fraction of sp³-hybridized carbons (Fsp3) is 0.438. The molecule has 0 amide bonds. The van der Waals surface area contributed by atoms with Crippen molar-refractivity contribution in [2.45, 2.75) is 44.9 Å². The third kappa shape index (κ3) is 2.97. The lowest BCUT2D eigenvalue weighted by molar-refractivity contribution is 0.435. The third-order valence-electron chi connectivity index (χ3n) is 4.44. The molecule has 2 heterocycles. The molecule has 7 heteroatoms. The van der Waals surface area contributed by atoms with Crippen molar-refractivity contribution in [3.8, 4) is 0 Å². The van der Waals surface area contributed by atoms with Crippen LogP contribution in [0.15, 0.2) is 22.0 Å². The zero-order valence-electron chi connectivity index (χ0n) is 13.2. The van der Waals surface area contributed by atoms with Crippen LogP contribution in [0.4, 0.5) is 5.82 Å². The Morgan fingerprint density at radius 2 is 2.22 bits per heavy atom.